The molecule has 112 valence electrons. The van der Waals surface area contributed by atoms with E-state index in [4.69, 9.17) is 25.6 Å². The van der Waals surface area contributed by atoms with E-state index in [9.17, 15) is 4.79 Å². The predicted octanol–water partition coefficient (Wildman–Crippen LogP) is 3.76. The van der Waals surface area contributed by atoms with Gasteiger partial charge in [-0.2, -0.15) is 0 Å². The van der Waals surface area contributed by atoms with E-state index in [1.54, 1.807) is 6.07 Å². The molecule has 0 aliphatic heterocycles. The van der Waals surface area contributed by atoms with Gasteiger partial charge < -0.3 is 13.8 Å². The lowest BCUT2D eigenvalue weighted by Gasteiger charge is -2.27. The van der Waals surface area contributed by atoms with Crippen molar-refractivity contribution in [2.45, 2.75) is 19.8 Å². The Hall–Kier alpha value is -0.940. The summed E-state index contributed by atoms with van der Waals surface area (Å²) in [6, 6.07) is 7.39. The Bertz CT molecular complexity index is 513. The van der Waals surface area contributed by atoms with E-state index in [1.807, 2.05) is 18.2 Å². The first-order chi connectivity index (χ1) is 9.34. The molecule has 0 saturated heterocycles. The molecule has 0 aliphatic carbocycles. The summed E-state index contributed by atoms with van der Waals surface area (Å²) in [5.74, 6) is 0.830. The maximum Gasteiger partial charge on any atom is 0.422 e. The Balaban J connectivity index is 2.85. The minimum Gasteiger partial charge on any atom is -0.410 e. The first-order valence-corrected chi connectivity index (χ1v) is 8.70. The summed E-state index contributed by atoms with van der Waals surface area (Å²) >= 11 is 5.18. The number of ether oxygens (including phenoxy) is 1. The number of nitrogens with zero attached hydrogens (tertiary/aromatic N) is 1. The molecule has 0 fully saturated rings. The summed E-state index contributed by atoms with van der Waals surface area (Å²) < 4.78 is 16.7. The number of hydrogen-bond acceptors (Lipinski definition) is 5. The lowest BCUT2D eigenvalue weighted by molar-refractivity contribution is 0.175. The lowest BCUT2D eigenvalue weighted by Crippen LogP contribution is -2.28. The van der Waals surface area contributed by atoms with Crippen LogP contribution in [0.15, 0.2) is 24.3 Å². The van der Waals surface area contributed by atoms with Gasteiger partial charge in [0.05, 0.1) is 0 Å². The van der Waals surface area contributed by atoms with Crippen LogP contribution in [-0.4, -0.2) is 32.0 Å². The van der Waals surface area contributed by atoms with E-state index in [0.29, 0.717) is 11.7 Å². The fourth-order valence-corrected chi connectivity index (χ4v) is 2.60. The van der Waals surface area contributed by atoms with E-state index < -0.39 is 12.7 Å². The van der Waals surface area contributed by atoms with Crippen LogP contribution in [0.5, 0.6) is 5.75 Å². The van der Waals surface area contributed by atoms with Crippen molar-refractivity contribution in [3.63, 3.8) is 0 Å². The van der Waals surface area contributed by atoms with Crippen LogP contribution in [0.25, 0.3) is 0 Å². The van der Waals surface area contributed by atoms with Crippen molar-refractivity contribution < 1.29 is 18.6 Å². The van der Waals surface area contributed by atoms with Gasteiger partial charge in [0.25, 0.3) is 6.64 Å². The highest BCUT2D eigenvalue weighted by Crippen LogP contribution is 2.49. The van der Waals surface area contributed by atoms with Gasteiger partial charge in [0, 0.05) is 21.3 Å². The van der Waals surface area contributed by atoms with Gasteiger partial charge >= 0.3 is 6.09 Å². The molecule has 0 aliphatic rings. The minimum atomic E-state index is -2.80. The summed E-state index contributed by atoms with van der Waals surface area (Å²) in [6.07, 6.45) is -0.599. The minimum absolute atomic E-state index is 0.356. The summed E-state index contributed by atoms with van der Waals surface area (Å²) in [5, 5.41) is 0. The van der Waals surface area contributed by atoms with Crippen LogP contribution in [0.1, 0.15) is 25.3 Å². The molecule has 1 aromatic carbocycles. The average molecular weight is 317 g/mol. The fraction of sp³-hybridized carbons (Fsp3) is 0.462. The first kappa shape index (κ1) is 17.1. The quantitative estimate of drug-likeness (QED) is 0.774. The third kappa shape index (κ3) is 4.03. The third-order valence-electron chi connectivity index (χ3n) is 2.82. The molecule has 0 saturated carbocycles. The lowest BCUT2D eigenvalue weighted by atomic mass is 10.0. The summed E-state index contributed by atoms with van der Waals surface area (Å²) in [6.45, 7) is 1.34. The monoisotopic (exact) mass is 317 g/mol. The maximum atomic E-state index is 12.1. The van der Waals surface area contributed by atoms with E-state index in [1.165, 1.54) is 25.9 Å². The molecule has 0 heterocycles. The fourth-order valence-electron chi connectivity index (χ4n) is 1.52. The second kappa shape index (κ2) is 7.18. The number of rotatable bonds is 5. The Morgan fingerprint density at radius 2 is 1.90 bits per heavy atom. The van der Waals surface area contributed by atoms with Gasteiger partial charge in [-0.3, -0.25) is 0 Å². The predicted molar refractivity (Wildman–Crippen MR) is 82.6 cm³/mol. The molecule has 1 rings (SSSR count). The van der Waals surface area contributed by atoms with Gasteiger partial charge in [0.15, 0.2) is 0 Å². The molecule has 1 aromatic rings. The van der Waals surface area contributed by atoms with Gasteiger partial charge in [-0.05, 0) is 35.4 Å². The Labute approximate surface area is 125 Å². The van der Waals surface area contributed by atoms with Crippen molar-refractivity contribution in [3.05, 3.63) is 29.8 Å². The molecule has 0 atom stereocenters. The van der Waals surface area contributed by atoms with Crippen molar-refractivity contribution in [2.75, 3.05) is 21.3 Å². The SMILES string of the molecule is COP(=S)(OC)N(C)C(=O)Oc1cccc(C(C)C)c1. The summed E-state index contributed by atoms with van der Waals surface area (Å²) in [4.78, 5) is 12.1. The normalized spacial score (nSPS) is 11.5. The van der Waals surface area contributed by atoms with Crippen molar-refractivity contribution >= 4 is 24.5 Å². The van der Waals surface area contributed by atoms with Crippen molar-refractivity contribution in [1.82, 2.24) is 4.67 Å². The summed E-state index contributed by atoms with van der Waals surface area (Å²) in [7, 11) is 4.32. The van der Waals surface area contributed by atoms with Gasteiger partial charge in [-0.15, -0.1) is 0 Å². The van der Waals surface area contributed by atoms with E-state index in [2.05, 4.69) is 13.8 Å². The number of carbonyl (C=O) groups is 1. The smallest absolute Gasteiger partial charge is 0.410 e. The van der Waals surface area contributed by atoms with Crippen LogP contribution in [0.3, 0.4) is 0 Å². The van der Waals surface area contributed by atoms with Crippen LogP contribution >= 0.6 is 6.64 Å². The molecule has 5 nitrogen and oxygen atoms in total. The Morgan fingerprint density at radius 1 is 1.30 bits per heavy atom. The zero-order valence-electron chi connectivity index (χ0n) is 12.3. The van der Waals surface area contributed by atoms with Gasteiger partial charge in [-0.25, -0.2) is 9.46 Å². The highest BCUT2D eigenvalue weighted by molar-refractivity contribution is 8.09. The summed E-state index contributed by atoms with van der Waals surface area (Å²) in [5.41, 5.74) is 1.09. The van der Waals surface area contributed by atoms with Crippen molar-refractivity contribution in [2.24, 2.45) is 0 Å². The largest absolute Gasteiger partial charge is 0.422 e. The maximum absolute atomic E-state index is 12.1. The van der Waals surface area contributed by atoms with Gasteiger partial charge in [0.1, 0.15) is 5.75 Å². The number of amides is 1. The van der Waals surface area contributed by atoms with E-state index in [0.717, 1.165) is 5.56 Å². The molecule has 1 amide bonds. The zero-order valence-corrected chi connectivity index (χ0v) is 14.0. The van der Waals surface area contributed by atoms with E-state index >= 15 is 0 Å². The standard InChI is InChI=1S/C13H20NO4PS/c1-10(2)11-7-6-8-12(9-11)18-13(15)14(3)19(20,16-4)17-5/h6-10H,1-5H3. The van der Waals surface area contributed by atoms with Crippen LogP contribution in [-0.2, 0) is 20.9 Å². The van der Waals surface area contributed by atoms with Crippen LogP contribution in [0, 0.1) is 0 Å². The number of carbonyl (C=O) groups excluding carboxylic acids is 1. The second-order valence-corrected chi connectivity index (χ2v) is 8.10. The number of benzene rings is 1. The molecule has 20 heavy (non-hydrogen) atoms. The van der Waals surface area contributed by atoms with Crippen molar-refractivity contribution in [1.29, 1.82) is 0 Å². The van der Waals surface area contributed by atoms with Gasteiger partial charge in [0.2, 0.25) is 0 Å². The molecule has 0 N–H and O–H groups in total. The number of hydrogen-bond donors (Lipinski definition) is 0. The molecule has 0 unspecified atom stereocenters. The third-order valence-corrected chi connectivity index (χ3v) is 6.27. The zero-order chi connectivity index (χ0) is 15.3. The molecular formula is C13H20NO4PS. The van der Waals surface area contributed by atoms with Gasteiger partial charge in [-0.1, -0.05) is 26.0 Å². The molecule has 0 bridgehead atoms. The Kier molecular flexibility index (Phi) is 6.14. The molecule has 7 heteroatoms. The van der Waals surface area contributed by atoms with Crippen molar-refractivity contribution in [3.8, 4) is 5.75 Å². The Morgan fingerprint density at radius 3 is 2.40 bits per heavy atom. The van der Waals surface area contributed by atoms with Crippen LogP contribution in [0.2, 0.25) is 0 Å². The molecule has 0 radical (unpaired) electrons. The first-order valence-electron chi connectivity index (χ1n) is 6.11. The molecule has 0 spiro atoms. The van der Waals surface area contributed by atoms with E-state index in [-0.39, 0.29) is 0 Å². The highest BCUT2D eigenvalue weighted by atomic mass is 32.5. The molecular weight excluding hydrogens is 297 g/mol. The van der Waals surface area contributed by atoms with Crippen LogP contribution < -0.4 is 4.74 Å². The highest BCUT2D eigenvalue weighted by Gasteiger charge is 2.28. The second-order valence-electron chi connectivity index (χ2n) is 4.45. The topological polar surface area (TPSA) is 48.0 Å². The molecule has 0 aromatic heterocycles. The van der Waals surface area contributed by atoms with Crippen LogP contribution in [0.4, 0.5) is 4.79 Å². The average Bonchev–Trinajstić information content (AvgIpc) is 2.45.